The van der Waals surface area contributed by atoms with Gasteiger partial charge in [-0.2, -0.15) is 0 Å². The average molecular weight is 435 g/mol. The minimum absolute atomic E-state index is 0.247. The molecule has 1 aliphatic rings. The molecule has 0 bridgehead atoms. The van der Waals surface area contributed by atoms with Crippen LogP contribution >= 0.6 is 0 Å². The number of piperidine rings is 1. The second kappa shape index (κ2) is 10.0. The lowest BCUT2D eigenvalue weighted by Gasteiger charge is -2.39. The van der Waals surface area contributed by atoms with Gasteiger partial charge in [-0.15, -0.1) is 0 Å². The molecule has 6 nitrogen and oxygen atoms in total. The van der Waals surface area contributed by atoms with Crippen LogP contribution in [-0.2, 0) is 4.79 Å². The van der Waals surface area contributed by atoms with Crippen molar-refractivity contribution in [2.24, 2.45) is 0 Å². The van der Waals surface area contributed by atoms with Crippen LogP contribution in [0.5, 0.6) is 11.5 Å². The van der Waals surface area contributed by atoms with Gasteiger partial charge >= 0.3 is 5.97 Å². The van der Waals surface area contributed by atoms with E-state index in [-0.39, 0.29) is 6.04 Å². The normalized spacial score (nSPS) is 17.8. The van der Waals surface area contributed by atoms with Gasteiger partial charge in [0, 0.05) is 11.6 Å². The van der Waals surface area contributed by atoms with Crippen LogP contribution in [-0.4, -0.2) is 46.8 Å². The molecular weight excluding hydrogens is 404 g/mol. The van der Waals surface area contributed by atoms with Gasteiger partial charge in [-0.3, -0.25) is 14.7 Å². The molecule has 2 heterocycles. The van der Waals surface area contributed by atoms with Crippen LogP contribution in [0, 0.1) is 0 Å². The third kappa shape index (κ3) is 4.55. The van der Waals surface area contributed by atoms with Gasteiger partial charge in [0.2, 0.25) is 0 Å². The van der Waals surface area contributed by atoms with Gasteiger partial charge < -0.3 is 14.6 Å². The van der Waals surface area contributed by atoms with E-state index in [0.29, 0.717) is 37.7 Å². The predicted octanol–water partition coefficient (Wildman–Crippen LogP) is 5.06. The number of fused-ring (bicyclic) bond motifs is 1. The zero-order chi connectivity index (χ0) is 22.5. The van der Waals surface area contributed by atoms with Gasteiger partial charge in [0.05, 0.1) is 24.8 Å². The van der Waals surface area contributed by atoms with E-state index in [1.807, 2.05) is 62.5 Å². The SMILES string of the molecule is CCOc1ccc(C(c2cnc3ccccc3c2)N2CCCCC2C(=O)O)cc1OCC. The van der Waals surface area contributed by atoms with Gasteiger partial charge in [-0.1, -0.05) is 30.7 Å². The molecule has 1 aliphatic heterocycles. The van der Waals surface area contributed by atoms with Crippen molar-refractivity contribution in [2.45, 2.75) is 45.2 Å². The molecule has 1 saturated heterocycles. The van der Waals surface area contributed by atoms with Crippen LogP contribution in [0.15, 0.2) is 54.7 Å². The Labute approximate surface area is 188 Å². The smallest absolute Gasteiger partial charge is 0.320 e. The number of ether oxygens (including phenoxy) is 2. The molecule has 168 valence electrons. The van der Waals surface area contributed by atoms with Gasteiger partial charge in [-0.25, -0.2) is 0 Å². The van der Waals surface area contributed by atoms with E-state index in [0.717, 1.165) is 34.9 Å². The summed E-state index contributed by atoms with van der Waals surface area (Å²) >= 11 is 0. The molecule has 0 aliphatic carbocycles. The highest BCUT2D eigenvalue weighted by molar-refractivity contribution is 5.79. The lowest BCUT2D eigenvalue weighted by atomic mass is 9.91. The first kappa shape index (κ1) is 22.1. The number of aliphatic carboxylic acids is 1. The topological polar surface area (TPSA) is 71.9 Å². The molecule has 0 amide bonds. The first-order valence-corrected chi connectivity index (χ1v) is 11.3. The zero-order valence-corrected chi connectivity index (χ0v) is 18.7. The fourth-order valence-electron chi connectivity index (χ4n) is 4.58. The van der Waals surface area contributed by atoms with Gasteiger partial charge in [0.1, 0.15) is 6.04 Å². The molecule has 32 heavy (non-hydrogen) atoms. The maximum Gasteiger partial charge on any atom is 0.320 e. The van der Waals surface area contributed by atoms with Crippen LogP contribution in [0.1, 0.15) is 50.3 Å². The number of para-hydroxylation sites is 1. The molecular formula is C26H30N2O4. The number of carboxylic acid groups (broad SMARTS) is 1. The fraction of sp³-hybridized carbons (Fsp3) is 0.385. The number of aromatic nitrogens is 1. The Morgan fingerprint density at radius 2 is 1.84 bits per heavy atom. The third-order valence-electron chi connectivity index (χ3n) is 5.97. The maximum atomic E-state index is 12.2. The van der Waals surface area contributed by atoms with Crippen molar-refractivity contribution >= 4 is 16.9 Å². The summed E-state index contributed by atoms with van der Waals surface area (Å²) in [6, 6.07) is 15.2. The highest BCUT2D eigenvalue weighted by Crippen LogP contribution is 2.38. The molecule has 0 radical (unpaired) electrons. The standard InChI is InChI=1S/C26H30N2O4/c1-3-31-23-13-12-19(16-24(23)32-4-2)25(28-14-8-7-11-22(28)26(29)30)20-15-18-9-5-6-10-21(18)27-17-20/h5-6,9-10,12-13,15-17,22,25H,3-4,7-8,11,14H2,1-2H3,(H,29,30). The Hall–Kier alpha value is -3.12. The number of benzene rings is 2. The number of hydrogen-bond acceptors (Lipinski definition) is 5. The van der Waals surface area contributed by atoms with E-state index >= 15 is 0 Å². The molecule has 2 aromatic carbocycles. The maximum absolute atomic E-state index is 12.2. The van der Waals surface area contributed by atoms with Crippen molar-refractivity contribution in [1.29, 1.82) is 0 Å². The summed E-state index contributed by atoms with van der Waals surface area (Å²) in [4.78, 5) is 18.9. The van der Waals surface area contributed by atoms with Crippen molar-refractivity contribution in [3.63, 3.8) is 0 Å². The lowest BCUT2D eigenvalue weighted by molar-refractivity contribution is -0.145. The van der Waals surface area contributed by atoms with Crippen LogP contribution in [0.4, 0.5) is 0 Å². The molecule has 1 fully saturated rings. The van der Waals surface area contributed by atoms with E-state index < -0.39 is 12.0 Å². The van der Waals surface area contributed by atoms with Crippen LogP contribution < -0.4 is 9.47 Å². The molecule has 4 rings (SSSR count). The number of likely N-dealkylation sites (tertiary alicyclic amines) is 1. The van der Waals surface area contributed by atoms with Crippen molar-refractivity contribution in [1.82, 2.24) is 9.88 Å². The van der Waals surface area contributed by atoms with E-state index in [4.69, 9.17) is 9.47 Å². The molecule has 1 N–H and O–H groups in total. The number of pyridine rings is 1. The Morgan fingerprint density at radius 3 is 2.62 bits per heavy atom. The highest BCUT2D eigenvalue weighted by atomic mass is 16.5. The second-order valence-electron chi connectivity index (χ2n) is 8.02. The Balaban J connectivity index is 1.85. The third-order valence-corrected chi connectivity index (χ3v) is 5.97. The monoisotopic (exact) mass is 434 g/mol. The Morgan fingerprint density at radius 1 is 1.06 bits per heavy atom. The van der Waals surface area contributed by atoms with E-state index in [9.17, 15) is 9.90 Å². The summed E-state index contributed by atoms with van der Waals surface area (Å²) in [5.74, 6) is 0.593. The number of nitrogens with zero attached hydrogens (tertiary/aromatic N) is 2. The first-order chi connectivity index (χ1) is 15.6. The summed E-state index contributed by atoms with van der Waals surface area (Å²) in [6.07, 6.45) is 4.40. The summed E-state index contributed by atoms with van der Waals surface area (Å²) in [6.45, 7) is 5.67. The minimum Gasteiger partial charge on any atom is -0.490 e. The van der Waals surface area contributed by atoms with E-state index in [2.05, 4.69) is 16.0 Å². The minimum atomic E-state index is -0.778. The molecule has 0 saturated carbocycles. The lowest BCUT2D eigenvalue weighted by Crippen LogP contribution is -2.46. The highest BCUT2D eigenvalue weighted by Gasteiger charge is 2.35. The number of carboxylic acids is 1. The van der Waals surface area contributed by atoms with Crippen molar-refractivity contribution in [3.05, 3.63) is 65.9 Å². The van der Waals surface area contributed by atoms with Gasteiger partial charge in [0.25, 0.3) is 0 Å². The zero-order valence-electron chi connectivity index (χ0n) is 18.7. The van der Waals surface area contributed by atoms with Crippen molar-refractivity contribution in [2.75, 3.05) is 19.8 Å². The number of carbonyl (C=O) groups is 1. The van der Waals surface area contributed by atoms with E-state index in [1.54, 1.807) is 0 Å². The van der Waals surface area contributed by atoms with Crippen molar-refractivity contribution < 1.29 is 19.4 Å². The largest absolute Gasteiger partial charge is 0.490 e. The molecule has 2 atom stereocenters. The Kier molecular flexibility index (Phi) is 6.90. The summed E-state index contributed by atoms with van der Waals surface area (Å²) in [5.41, 5.74) is 2.87. The van der Waals surface area contributed by atoms with Gasteiger partial charge in [-0.05, 0) is 68.6 Å². The summed E-state index contributed by atoms with van der Waals surface area (Å²) in [5, 5.41) is 11.0. The summed E-state index contributed by atoms with van der Waals surface area (Å²) < 4.78 is 11.6. The van der Waals surface area contributed by atoms with Gasteiger partial charge in [0.15, 0.2) is 11.5 Å². The summed E-state index contributed by atoms with van der Waals surface area (Å²) in [7, 11) is 0. The van der Waals surface area contributed by atoms with Crippen LogP contribution in [0.3, 0.4) is 0 Å². The average Bonchev–Trinajstić information content (AvgIpc) is 2.81. The molecule has 3 aromatic rings. The molecule has 1 aromatic heterocycles. The molecule has 6 heteroatoms. The number of hydrogen-bond donors (Lipinski definition) is 1. The predicted molar refractivity (Wildman–Crippen MR) is 124 cm³/mol. The number of rotatable bonds is 8. The second-order valence-corrected chi connectivity index (χ2v) is 8.02. The van der Waals surface area contributed by atoms with Crippen LogP contribution in [0.2, 0.25) is 0 Å². The van der Waals surface area contributed by atoms with Crippen LogP contribution in [0.25, 0.3) is 10.9 Å². The first-order valence-electron chi connectivity index (χ1n) is 11.3. The quantitative estimate of drug-likeness (QED) is 0.534. The fourth-order valence-corrected chi connectivity index (χ4v) is 4.58. The Bertz CT molecular complexity index is 1080. The molecule has 2 unspecified atom stereocenters. The van der Waals surface area contributed by atoms with E-state index in [1.165, 1.54) is 0 Å². The van der Waals surface area contributed by atoms with Crippen molar-refractivity contribution in [3.8, 4) is 11.5 Å². The molecule has 0 spiro atoms.